The maximum atomic E-state index is 15.1. The maximum Gasteiger partial charge on any atom is 0.248 e. The average molecular weight is 467 g/mol. The molecular weight excluding hydrogens is 443 g/mol. The summed E-state index contributed by atoms with van der Waals surface area (Å²) in [5.74, 6) is 1.10. The minimum absolute atomic E-state index is 0.0322. The lowest BCUT2D eigenvalue weighted by Gasteiger charge is -2.46. The largest absolute Gasteiger partial charge is 0.384 e. The summed E-state index contributed by atoms with van der Waals surface area (Å²) in [6.45, 7) is 3.85. The number of nitrogens with two attached hydrogens (primary N) is 1. The number of Topliss-reactive ketones (excluding diaryl/α,β-unsaturated/α-hetero) is 1. The van der Waals surface area contributed by atoms with E-state index in [0.717, 1.165) is 0 Å². The smallest absolute Gasteiger partial charge is 0.248 e. The normalized spacial score (nSPS) is 22.8. The van der Waals surface area contributed by atoms with E-state index in [1.54, 1.807) is 42.5 Å². The Bertz CT molecular complexity index is 1460. The molecule has 2 aromatic rings. The lowest BCUT2D eigenvalue weighted by Crippen LogP contribution is -2.54. The molecule has 1 atom stereocenters. The summed E-state index contributed by atoms with van der Waals surface area (Å²) in [5.41, 5.74) is 6.04. The third-order valence-corrected chi connectivity index (χ3v) is 6.99. The summed E-state index contributed by atoms with van der Waals surface area (Å²) in [6, 6.07) is 15.1. The second kappa shape index (κ2) is 7.58. The molecule has 0 saturated carbocycles. The highest BCUT2D eigenvalue weighted by molar-refractivity contribution is 6.21. The number of terminal acetylenes is 1. The third kappa shape index (κ3) is 2.88. The Labute approximate surface area is 203 Å². The number of nitriles is 1. The highest BCUT2D eigenvalue weighted by Gasteiger charge is 2.63. The highest BCUT2D eigenvalue weighted by Crippen LogP contribution is 2.58. The first-order chi connectivity index (χ1) is 16.7. The zero-order chi connectivity index (χ0) is 25.1. The lowest BCUT2D eigenvalue weighted by molar-refractivity contribution is -0.125. The Hall–Kier alpha value is -4.36. The maximum absolute atomic E-state index is 15.1. The highest BCUT2D eigenvalue weighted by atomic mass is 19.1. The van der Waals surface area contributed by atoms with Crippen molar-refractivity contribution in [2.75, 3.05) is 16.3 Å². The van der Waals surface area contributed by atoms with Gasteiger partial charge in [0.05, 0.1) is 17.8 Å². The van der Waals surface area contributed by atoms with Gasteiger partial charge in [0.15, 0.2) is 5.78 Å². The van der Waals surface area contributed by atoms with Crippen molar-refractivity contribution in [1.82, 2.24) is 0 Å². The summed E-state index contributed by atoms with van der Waals surface area (Å²) in [4.78, 5) is 31.0. The molecule has 1 spiro atoms. The van der Waals surface area contributed by atoms with Gasteiger partial charge in [0.25, 0.3) is 0 Å². The van der Waals surface area contributed by atoms with Crippen molar-refractivity contribution < 1.29 is 14.0 Å². The first-order valence-electron chi connectivity index (χ1n) is 11.3. The van der Waals surface area contributed by atoms with Crippen LogP contribution in [0.5, 0.6) is 0 Å². The molecule has 2 aromatic carbocycles. The van der Waals surface area contributed by atoms with Crippen LogP contribution >= 0.6 is 0 Å². The van der Waals surface area contributed by atoms with E-state index in [-0.39, 0.29) is 41.4 Å². The fraction of sp³-hybridized carbons (Fsp3) is 0.250. The summed E-state index contributed by atoms with van der Waals surface area (Å²) in [7, 11) is 0. The molecule has 3 aliphatic rings. The standard InChI is InChI=1S/C28H23FN4O2/c1-4-13-32-20-11-7-5-9-17(20)28(26(32)35)18(16-30)25(31)33(21-12-8-6-10-19(21)29)22-14-27(2,3)15-23(34)24(22)28/h1,5-12H,13-15,31H2,2-3H3. The van der Waals surface area contributed by atoms with Crippen LogP contribution in [-0.2, 0) is 15.0 Å². The van der Waals surface area contributed by atoms with Crippen LogP contribution in [0.2, 0.25) is 0 Å². The number of hydrogen-bond donors (Lipinski definition) is 1. The van der Waals surface area contributed by atoms with Crippen LogP contribution in [0, 0.1) is 34.9 Å². The van der Waals surface area contributed by atoms with Gasteiger partial charge in [-0.3, -0.25) is 19.4 Å². The fourth-order valence-corrected chi connectivity index (χ4v) is 5.71. The molecular formula is C28H23FN4O2. The molecule has 2 heterocycles. The Kier molecular flexibility index (Phi) is 4.86. The third-order valence-electron chi connectivity index (χ3n) is 6.99. The van der Waals surface area contributed by atoms with Crippen LogP contribution in [-0.4, -0.2) is 18.2 Å². The monoisotopic (exact) mass is 466 g/mol. The number of benzene rings is 2. The average Bonchev–Trinajstić information content (AvgIpc) is 3.03. The second-order valence-electron chi connectivity index (χ2n) is 9.78. The van der Waals surface area contributed by atoms with Crippen molar-refractivity contribution in [1.29, 1.82) is 5.26 Å². The van der Waals surface area contributed by atoms with Crippen molar-refractivity contribution in [2.45, 2.75) is 32.1 Å². The topological polar surface area (TPSA) is 90.4 Å². The van der Waals surface area contributed by atoms with Crippen LogP contribution < -0.4 is 15.5 Å². The molecule has 0 saturated heterocycles. The van der Waals surface area contributed by atoms with Crippen LogP contribution in [0.1, 0.15) is 32.3 Å². The van der Waals surface area contributed by atoms with E-state index in [0.29, 0.717) is 23.4 Å². The van der Waals surface area contributed by atoms with E-state index in [1.165, 1.54) is 15.9 Å². The van der Waals surface area contributed by atoms with Crippen LogP contribution in [0.3, 0.4) is 0 Å². The number of amides is 1. The van der Waals surface area contributed by atoms with E-state index < -0.39 is 22.6 Å². The van der Waals surface area contributed by atoms with E-state index >= 15 is 4.39 Å². The van der Waals surface area contributed by atoms with Crippen molar-refractivity contribution in [3.05, 3.63) is 82.6 Å². The van der Waals surface area contributed by atoms with Crippen LogP contribution in [0.25, 0.3) is 0 Å². The van der Waals surface area contributed by atoms with Gasteiger partial charge in [-0.05, 0) is 30.0 Å². The first-order valence-corrected chi connectivity index (χ1v) is 11.3. The molecule has 5 rings (SSSR count). The number of rotatable bonds is 2. The molecule has 2 N–H and O–H groups in total. The first kappa shape index (κ1) is 22.4. The number of anilines is 2. The van der Waals surface area contributed by atoms with Gasteiger partial charge in [-0.1, -0.05) is 50.1 Å². The van der Waals surface area contributed by atoms with Crippen molar-refractivity contribution in [2.24, 2.45) is 11.1 Å². The predicted octanol–water partition coefficient (Wildman–Crippen LogP) is 3.90. The number of ketones is 1. The van der Waals surface area contributed by atoms with Gasteiger partial charge in [-0.2, -0.15) is 5.26 Å². The fourth-order valence-electron chi connectivity index (χ4n) is 5.71. The zero-order valence-corrected chi connectivity index (χ0v) is 19.4. The van der Waals surface area contributed by atoms with Gasteiger partial charge in [0, 0.05) is 28.9 Å². The summed E-state index contributed by atoms with van der Waals surface area (Å²) >= 11 is 0. The van der Waals surface area contributed by atoms with Gasteiger partial charge in [-0.25, -0.2) is 4.39 Å². The van der Waals surface area contributed by atoms with Gasteiger partial charge in [-0.15, -0.1) is 6.42 Å². The van der Waals surface area contributed by atoms with E-state index in [1.807, 2.05) is 13.8 Å². The van der Waals surface area contributed by atoms with E-state index in [2.05, 4.69) is 12.0 Å². The SMILES string of the molecule is C#CCN1C(=O)C2(C(C#N)=C(N)N(c3ccccc3F)C3=C2C(=O)CC(C)(C)C3)c2ccccc21. The van der Waals surface area contributed by atoms with E-state index in [9.17, 15) is 14.9 Å². The minimum Gasteiger partial charge on any atom is -0.384 e. The number of carbonyl (C=O) groups excluding carboxylic acids is 2. The molecule has 0 radical (unpaired) electrons. The van der Waals surface area contributed by atoms with Gasteiger partial charge < -0.3 is 5.73 Å². The Morgan fingerprint density at radius 1 is 1.09 bits per heavy atom. The molecule has 1 aliphatic carbocycles. The summed E-state index contributed by atoms with van der Waals surface area (Å²) < 4.78 is 15.1. The zero-order valence-electron chi connectivity index (χ0n) is 19.4. The van der Waals surface area contributed by atoms with Crippen molar-refractivity contribution >= 4 is 23.1 Å². The number of allylic oxidation sites excluding steroid dienone is 1. The number of hydrogen-bond acceptors (Lipinski definition) is 5. The van der Waals surface area contributed by atoms with Gasteiger partial charge in [0.2, 0.25) is 5.91 Å². The number of nitrogens with zero attached hydrogens (tertiary/aromatic N) is 3. The Morgan fingerprint density at radius 2 is 1.74 bits per heavy atom. The molecule has 0 fully saturated rings. The van der Waals surface area contributed by atoms with Crippen molar-refractivity contribution in [3.63, 3.8) is 0 Å². The van der Waals surface area contributed by atoms with Crippen LogP contribution in [0.15, 0.2) is 71.2 Å². The molecule has 174 valence electrons. The molecule has 0 aromatic heterocycles. The Balaban J connectivity index is 1.93. The number of carbonyl (C=O) groups is 2. The molecule has 1 amide bonds. The molecule has 6 nitrogen and oxygen atoms in total. The number of para-hydroxylation sites is 2. The molecule has 35 heavy (non-hydrogen) atoms. The second-order valence-corrected chi connectivity index (χ2v) is 9.78. The summed E-state index contributed by atoms with van der Waals surface area (Å²) in [6.07, 6.45) is 6.10. The lowest BCUT2D eigenvalue weighted by atomic mass is 9.60. The quantitative estimate of drug-likeness (QED) is 0.678. The van der Waals surface area contributed by atoms with Gasteiger partial charge in [0.1, 0.15) is 23.1 Å². The summed E-state index contributed by atoms with van der Waals surface area (Å²) in [5, 5.41) is 10.4. The predicted molar refractivity (Wildman–Crippen MR) is 130 cm³/mol. The Morgan fingerprint density at radius 3 is 2.40 bits per heavy atom. The molecule has 0 bridgehead atoms. The van der Waals surface area contributed by atoms with Gasteiger partial charge >= 0.3 is 0 Å². The van der Waals surface area contributed by atoms with Crippen molar-refractivity contribution in [3.8, 4) is 18.4 Å². The van der Waals surface area contributed by atoms with Crippen LogP contribution in [0.4, 0.5) is 15.8 Å². The molecule has 7 heteroatoms. The number of halogens is 1. The molecule has 1 unspecified atom stereocenters. The minimum atomic E-state index is -1.74. The van der Waals surface area contributed by atoms with E-state index in [4.69, 9.17) is 12.2 Å². The molecule has 2 aliphatic heterocycles. The number of fused-ring (bicyclic) bond motifs is 3.